The molecule has 4 heterocycles. The molecule has 2 aromatic rings. The van der Waals surface area contributed by atoms with Crippen LogP contribution in [-0.4, -0.2) is 40.2 Å². The predicted molar refractivity (Wildman–Crippen MR) is 112 cm³/mol. The summed E-state index contributed by atoms with van der Waals surface area (Å²) in [6.45, 7) is 4.17. The normalized spacial score (nSPS) is 29.3. The van der Waals surface area contributed by atoms with E-state index in [0.717, 1.165) is 49.0 Å². The lowest BCUT2D eigenvalue weighted by atomic mass is 9.80. The lowest BCUT2D eigenvalue weighted by Crippen LogP contribution is -2.50. The molecule has 0 saturated carbocycles. The minimum absolute atomic E-state index is 0.208. The van der Waals surface area contributed by atoms with Crippen molar-refractivity contribution in [3.63, 3.8) is 0 Å². The minimum Gasteiger partial charge on any atom is -0.385 e. The summed E-state index contributed by atoms with van der Waals surface area (Å²) in [5.74, 6) is 1.57. The number of aromatic nitrogens is 2. The molecule has 2 bridgehead atoms. The molecule has 5 rings (SSSR count). The Kier molecular flexibility index (Phi) is 4.69. The molecule has 29 heavy (non-hydrogen) atoms. The number of hydrogen-bond acceptors (Lipinski definition) is 5. The van der Waals surface area contributed by atoms with Crippen molar-refractivity contribution in [2.45, 2.75) is 69.6 Å². The summed E-state index contributed by atoms with van der Waals surface area (Å²) >= 11 is 0. The van der Waals surface area contributed by atoms with Crippen molar-refractivity contribution in [3.8, 4) is 0 Å². The maximum Gasteiger partial charge on any atom is 0.228 e. The van der Waals surface area contributed by atoms with Gasteiger partial charge in [0.25, 0.3) is 0 Å². The molecule has 3 fully saturated rings. The Balaban J connectivity index is 1.42. The molecule has 6 heteroatoms. The molecule has 0 aliphatic carbocycles. The molecule has 3 aliphatic rings. The van der Waals surface area contributed by atoms with E-state index >= 15 is 0 Å². The van der Waals surface area contributed by atoms with Gasteiger partial charge in [-0.25, -0.2) is 9.37 Å². The number of piperidine rings is 2. The third-order valence-electron chi connectivity index (χ3n) is 6.89. The highest BCUT2D eigenvalue weighted by molar-refractivity contribution is 5.49. The van der Waals surface area contributed by atoms with Gasteiger partial charge in [-0.2, -0.15) is 4.98 Å². The summed E-state index contributed by atoms with van der Waals surface area (Å²) in [6.07, 6.45) is 7.06. The summed E-state index contributed by atoms with van der Waals surface area (Å²) in [5.41, 5.74) is 0.902. The zero-order valence-corrected chi connectivity index (χ0v) is 17.0. The van der Waals surface area contributed by atoms with E-state index in [1.54, 1.807) is 12.1 Å². The highest BCUT2D eigenvalue weighted by Crippen LogP contribution is 2.47. The van der Waals surface area contributed by atoms with Crippen molar-refractivity contribution in [1.82, 2.24) is 9.97 Å². The van der Waals surface area contributed by atoms with Crippen molar-refractivity contribution >= 4 is 11.8 Å². The number of aliphatic hydroxyl groups is 1. The second-order valence-electron chi connectivity index (χ2n) is 8.95. The van der Waals surface area contributed by atoms with Gasteiger partial charge in [-0.3, -0.25) is 0 Å². The lowest BCUT2D eigenvalue weighted by molar-refractivity contribution is -0.00341. The van der Waals surface area contributed by atoms with Crippen LogP contribution in [0.2, 0.25) is 0 Å². The molecule has 154 valence electrons. The van der Waals surface area contributed by atoms with Crippen LogP contribution in [0.1, 0.15) is 56.2 Å². The van der Waals surface area contributed by atoms with Gasteiger partial charge in [0.2, 0.25) is 5.95 Å². The van der Waals surface area contributed by atoms with Gasteiger partial charge in [-0.15, -0.1) is 0 Å². The Morgan fingerprint density at radius 1 is 1.00 bits per heavy atom. The fourth-order valence-electron chi connectivity index (χ4n) is 5.48. The first-order valence-electron chi connectivity index (χ1n) is 10.9. The molecule has 2 atom stereocenters. The molecule has 1 aromatic heterocycles. The van der Waals surface area contributed by atoms with Crippen LogP contribution in [0.4, 0.5) is 16.2 Å². The third-order valence-corrected chi connectivity index (χ3v) is 6.89. The number of benzene rings is 1. The average Bonchev–Trinajstić information content (AvgIpc) is 3.00. The summed E-state index contributed by atoms with van der Waals surface area (Å²) in [4.78, 5) is 14.5. The SMILES string of the molecule is Cc1cc(N2CCCCC2)nc(N2[C@@H]3CC[C@@H]2CC(O)(c2ccc(F)cc2)C3)n1. The van der Waals surface area contributed by atoms with Crippen LogP contribution < -0.4 is 9.80 Å². The molecule has 1 N–H and O–H groups in total. The molecule has 1 aromatic carbocycles. The Bertz CT molecular complexity index is 867. The fourth-order valence-corrected chi connectivity index (χ4v) is 5.48. The summed E-state index contributed by atoms with van der Waals surface area (Å²) in [5, 5.41) is 11.4. The number of nitrogens with zero attached hydrogens (tertiary/aromatic N) is 4. The van der Waals surface area contributed by atoms with Crippen LogP contribution in [0, 0.1) is 12.7 Å². The van der Waals surface area contributed by atoms with Crippen LogP contribution in [0.25, 0.3) is 0 Å². The van der Waals surface area contributed by atoms with Gasteiger partial charge in [0.15, 0.2) is 0 Å². The van der Waals surface area contributed by atoms with Crippen molar-refractivity contribution in [2.75, 3.05) is 22.9 Å². The summed E-state index contributed by atoms with van der Waals surface area (Å²) in [7, 11) is 0. The number of anilines is 2. The first-order chi connectivity index (χ1) is 14.0. The number of fused-ring (bicyclic) bond motifs is 2. The Morgan fingerprint density at radius 3 is 2.31 bits per heavy atom. The quantitative estimate of drug-likeness (QED) is 0.852. The van der Waals surface area contributed by atoms with Crippen LogP contribution in [0.5, 0.6) is 0 Å². The first kappa shape index (κ1) is 18.8. The van der Waals surface area contributed by atoms with E-state index in [4.69, 9.17) is 9.97 Å². The average molecular weight is 397 g/mol. The lowest BCUT2D eigenvalue weighted by Gasteiger charge is -2.44. The molecule has 0 amide bonds. The van der Waals surface area contributed by atoms with Gasteiger partial charge in [0, 0.05) is 49.8 Å². The molecule has 0 radical (unpaired) electrons. The molecule has 3 aliphatic heterocycles. The van der Waals surface area contributed by atoms with Gasteiger partial charge in [-0.1, -0.05) is 12.1 Å². The fraction of sp³-hybridized carbons (Fsp3) is 0.565. The predicted octanol–water partition coefficient (Wildman–Crippen LogP) is 3.93. The zero-order chi connectivity index (χ0) is 20.0. The highest BCUT2D eigenvalue weighted by atomic mass is 19.1. The molecule has 0 spiro atoms. The molecular formula is C23H29FN4O. The van der Waals surface area contributed by atoms with Crippen LogP contribution >= 0.6 is 0 Å². The van der Waals surface area contributed by atoms with E-state index in [2.05, 4.69) is 15.9 Å². The van der Waals surface area contributed by atoms with Crippen LogP contribution in [0.15, 0.2) is 30.3 Å². The van der Waals surface area contributed by atoms with Crippen molar-refractivity contribution in [1.29, 1.82) is 0 Å². The van der Waals surface area contributed by atoms with E-state index in [1.807, 2.05) is 6.92 Å². The molecule has 5 nitrogen and oxygen atoms in total. The molecule has 0 unspecified atom stereocenters. The zero-order valence-electron chi connectivity index (χ0n) is 17.0. The monoisotopic (exact) mass is 396 g/mol. The van der Waals surface area contributed by atoms with Gasteiger partial charge in [0.1, 0.15) is 11.6 Å². The smallest absolute Gasteiger partial charge is 0.228 e. The van der Waals surface area contributed by atoms with Gasteiger partial charge >= 0.3 is 0 Å². The third kappa shape index (κ3) is 3.48. The van der Waals surface area contributed by atoms with E-state index in [1.165, 1.54) is 31.4 Å². The number of halogens is 1. The summed E-state index contributed by atoms with van der Waals surface area (Å²) < 4.78 is 13.3. The number of hydrogen-bond donors (Lipinski definition) is 1. The Labute approximate surface area is 171 Å². The Hall–Kier alpha value is -2.21. The van der Waals surface area contributed by atoms with Gasteiger partial charge in [-0.05, 0) is 56.7 Å². The minimum atomic E-state index is -0.907. The van der Waals surface area contributed by atoms with Crippen LogP contribution in [0.3, 0.4) is 0 Å². The number of aryl methyl sites for hydroxylation is 1. The van der Waals surface area contributed by atoms with Crippen molar-refractivity contribution in [2.24, 2.45) is 0 Å². The standard InChI is InChI=1S/C23H29FN4O/c1-16-13-21(27-11-3-2-4-12-27)26-22(25-16)28-19-9-10-20(28)15-23(29,14-19)17-5-7-18(24)8-6-17/h5-8,13,19-20,29H,2-4,9-12,14-15H2,1H3/t19-,20-/m1/s1. The second kappa shape index (κ2) is 7.24. The maximum atomic E-state index is 13.3. The van der Waals surface area contributed by atoms with Crippen molar-refractivity contribution < 1.29 is 9.50 Å². The maximum absolute atomic E-state index is 13.3. The van der Waals surface area contributed by atoms with E-state index in [9.17, 15) is 9.50 Å². The van der Waals surface area contributed by atoms with E-state index in [-0.39, 0.29) is 17.9 Å². The second-order valence-corrected chi connectivity index (χ2v) is 8.95. The van der Waals surface area contributed by atoms with Crippen LogP contribution in [-0.2, 0) is 5.60 Å². The highest BCUT2D eigenvalue weighted by Gasteiger charge is 2.49. The Morgan fingerprint density at radius 2 is 1.66 bits per heavy atom. The number of rotatable bonds is 3. The largest absolute Gasteiger partial charge is 0.385 e. The van der Waals surface area contributed by atoms with Crippen molar-refractivity contribution in [3.05, 3.63) is 47.4 Å². The molecule has 3 saturated heterocycles. The first-order valence-corrected chi connectivity index (χ1v) is 10.9. The van der Waals surface area contributed by atoms with E-state index in [0.29, 0.717) is 12.8 Å². The topological polar surface area (TPSA) is 52.5 Å². The van der Waals surface area contributed by atoms with Gasteiger partial charge < -0.3 is 14.9 Å². The van der Waals surface area contributed by atoms with Gasteiger partial charge in [0.05, 0.1) is 5.60 Å². The molecular weight excluding hydrogens is 367 g/mol. The van der Waals surface area contributed by atoms with E-state index < -0.39 is 5.60 Å². The summed E-state index contributed by atoms with van der Waals surface area (Å²) in [6, 6.07) is 8.84.